The Morgan fingerprint density at radius 1 is 1.16 bits per heavy atom. The van der Waals surface area contributed by atoms with Crippen molar-refractivity contribution < 1.29 is 14.3 Å². The summed E-state index contributed by atoms with van der Waals surface area (Å²) in [5.41, 5.74) is 8.98. The number of benzene rings is 2. The van der Waals surface area contributed by atoms with E-state index in [9.17, 15) is 4.79 Å². The number of hydrogen-bond donors (Lipinski definition) is 3. The van der Waals surface area contributed by atoms with Crippen LogP contribution < -0.4 is 20.5 Å². The van der Waals surface area contributed by atoms with E-state index in [1.165, 1.54) is 12.4 Å². The number of para-hydroxylation sites is 1. The van der Waals surface area contributed by atoms with Gasteiger partial charge in [0.15, 0.2) is 23.0 Å². The number of rotatable bonds is 8. The molecular weight excluding hydrogens is 406 g/mol. The Bertz CT molecular complexity index is 1240. The van der Waals surface area contributed by atoms with E-state index < -0.39 is 0 Å². The number of amides is 1. The number of nitrogens with two attached hydrogens (primary N) is 1. The quantitative estimate of drug-likeness (QED) is 0.393. The number of fused-ring (bicyclic) bond motifs is 1. The molecule has 0 aliphatic heterocycles. The number of anilines is 1. The number of aromatic amines is 1. The lowest BCUT2D eigenvalue weighted by atomic mass is 9.90. The van der Waals surface area contributed by atoms with E-state index >= 15 is 0 Å². The van der Waals surface area contributed by atoms with Crippen molar-refractivity contribution in [2.24, 2.45) is 0 Å². The van der Waals surface area contributed by atoms with Crippen molar-refractivity contribution in [1.82, 2.24) is 20.3 Å². The Morgan fingerprint density at radius 3 is 2.75 bits per heavy atom. The summed E-state index contributed by atoms with van der Waals surface area (Å²) in [5, 5.41) is 4.04. The number of carbonyl (C=O) groups is 1. The average Bonchev–Trinajstić information content (AvgIpc) is 3.24. The molecule has 0 aliphatic rings. The van der Waals surface area contributed by atoms with E-state index in [-0.39, 0.29) is 23.3 Å². The molecule has 0 unspecified atom stereocenters. The zero-order chi connectivity index (χ0) is 22.5. The Labute approximate surface area is 185 Å². The third-order valence-corrected chi connectivity index (χ3v) is 5.29. The number of nitrogens with zero attached hydrogens (tertiary/aromatic N) is 2. The van der Waals surface area contributed by atoms with Gasteiger partial charge in [0, 0.05) is 42.0 Å². The van der Waals surface area contributed by atoms with Crippen molar-refractivity contribution in [3.05, 3.63) is 77.9 Å². The molecule has 0 spiro atoms. The van der Waals surface area contributed by atoms with Gasteiger partial charge in [-0.05, 0) is 36.2 Å². The number of nitrogen functional groups attached to an aromatic ring is 1. The van der Waals surface area contributed by atoms with E-state index in [2.05, 4.69) is 26.3 Å². The molecular formula is C24H25N5O3. The van der Waals surface area contributed by atoms with Crippen LogP contribution in [0.1, 0.15) is 34.5 Å². The molecule has 0 fully saturated rings. The van der Waals surface area contributed by atoms with Crippen LogP contribution in [0.25, 0.3) is 10.9 Å². The zero-order valence-corrected chi connectivity index (χ0v) is 18.0. The maximum absolute atomic E-state index is 12.8. The molecule has 0 radical (unpaired) electrons. The molecule has 164 valence electrons. The fraction of sp³-hybridized carbons (Fsp3) is 0.208. The minimum atomic E-state index is -0.377. The average molecular weight is 431 g/mol. The van der Waals surface area contributed by atoms with Gasteiger partial charge >= 0.3 is 0 Å². The highest BCUT2D eigenvalue weighted by Crippen LogP contribution is 2.35. The number of nitrogens with one attached hydrogen (secondary N) is 2. The first-order valence-corrected chi connectivity index (χ1v) is 10.3. The molecule has 1 atom stereocenters. The van der Waals surface area contributed by atoms with Gasteiger partial charge in [0.05, 0.1) is 13.7 Å². The molecule has 0 aliphatic carbocycles. The monoisotopic (exact) mass is 431 g/mol. The lowest BCUT2D eigenvalue weighted by molar-refractivity contribution is 0.0948. The van der Waals surface area contributed by atoms with Gasteiger partial charge in [-0.1, -0.05) is 24.3 Å². The van der Waals surface area contributed by atoms with Gasteiger partial charge in [0.2, 0.25) is 0 Å². The summed E-state index contributed by atoms with van der Waals surface area (Å²) in [6.45, 7) is 2.79. The minimum Gasteiger partial charge on any atom is -0.493 e. The predicted octanol–water partition coefficient (Wildman–Crippen LogP) is 3.51. The van der Waals surface area contributed by atoms with Crippen LogP contribution in [-0.4, -0.2) is 41.1 Å². The smallest absolute Gasteiger partial charge is 0.273 e. The number of hydrogen-bond acceptors (Lipinski definition) is 6. The first-order chi connectivity index (χ1) is 15.6. The van der Waals surface area contributed by atoms with Gasteiger partial charge in [-0.2, -0.15) is 0 Å². The van der Waals surface area contributed by atoms with Gasteiger partial charge in [0.1, 0.15) is 0 Å². The summed E-state index contributed by atoms with van der Waals surface area (Å²) < 4.78 is 11.2. The first kappa shape index (κ1) is 21.2. The van der Waals surface area contributed by atoms with Gasteiger partial charge in [-0.25, -0.2) is 9.97 Å². The third kappa shape index (κ3) is 4.20. The van der Waals surface area contributed by atoms with Crippen molar-refractivity contribution in [3.63, 3.8) is 0 Å². The Hall–Kier alpha value is -4.07. The van der Waals surface area contributed by atoms with Gasteiger partial charge < -0.3 is 25.5 Å². The summed E-state index contributed by atoms with van der Waals surface area (Å²) in [4.78, 5) is 24.1. The lowest BCUT2D eigenvalue weighted by Gasteiger charge is -2.20. The van der Waals surface area contributed by atoms with Crippen molar-refractivity contribution in [3.8, 4) is 11.5 Å². The maximum atomic E-state index is 12.8. The van der Waals surface area contributed by atoms with Crippen LogP contribution in [-0.2, 0) is 0 Å². The Balaban J connectivity index is 1.71. The molecule has 4 N–H and O–H groups in total. The molecule has 0 bridgehead atoms. The largest absolute Gasteiger partial charge is 0.493 e. The predicted molar refractivity (Wildman–Crippen MR) is 123 cm³/mol. The lowest BCUT2D eigenvalue weighted by Crippen LogP contribution is -2.30. The first-order valence-electron chi connectivity index (χ1n) is 10.3. The van der Waals surface area contributed by atoms with Gasteiger partial charge in [0.25, 0.3) is 5.91 Å². The standard InChI is InChI=1S/C24H25N5O3/c1-3-32-20-9-8-15(12-21(20)31-2)17(18-14-28-19-7-5-4-6-16(18)19)13-29-24(30)22-23(25)27-11-10-26-22/h4-12,14,17,28H,3,13H2,1-2H3,(H2,25,27)(H,29,30)/t17-/m1/s1. The molecule has 4 rings (SSSR count). The van der Waals surface area contributed by atoms with Crippen LogP contribution in [0.4, 0.5) is 5.82 Å². The fourth-order valence-corrected chi connectivity index (χ4v) is 3.77. The normalized spacial score (nSPS) is 11.8. The van der Waals surface area contributed by atoms with Crippen molar-refractivity contribution in [1.29, 1.82) is 0 Å². The second-order valence-corrected chi connectivity index (χ2v) is 7.19. The molecule has 2 aromatic carbocycles. The summed E-state index contributed by atoms with van der Waals surface area (Å²) in [6, 6.07) is 13.9. The number of carbonyl (C=O) groups excluding carboxylic acids is 1. The minimum absolute atomic E-state index is 0.0939. The summed E-state index contributed by atoms with van der Waals surface area (Å²) in [7, 11) is 1.61. The fourth-order valence-electron chi connectivity index (χ4n) is 3.77. The highest BCUT2D eigenvalue weighted by atomic mass is 16.5. The molecule has 8 nitrogen and oxygen atoms in total. The van der Waals surface area contributed by atoms with Crippen molar-refractivity contribution in [2.45, 2.75) is 12.8 Å². The van der Waals surface area contributed by atoms with Crippen molar-refractivity contribution >= 4 is 22.6 Å². The summed E-state index contributed by atoms with van der Waals surface area (Å²) in [6.07, 6.45) is 4.87. The van der Waals surface area contributed by atoms with E-state index in [0.717, 1.165) is 22.0 Å². The zero-order valence-electron chi connectivity index (χ0n) is 18.0. The van der Waals surface area contributed by atoms with Crippen LogP contribution in [0.5, 0.6) is 11.5 Å². The number of ether oxygens (including phenoxy) is 2. The van der Waals surface area contributed by atoms with E-state index in [4.69, 9.17) is 15.2 Å². The second kappa shape index (κ2) is 9.38. The van der Waals surface area contributed by atoms with E-state index in [0.29, 0.717) is 24.7 Å². The van der Waals surface area contributed by atoms with E-state index in [1.807, 2.05) is 49.5 Å². The topological polar surface area (TPSA) is 115 Å². The second-order valence-electron chi connectivity index (χ2n) is 7.19. The molecule has 0 saturated carbocycles. The summed E-state index contributed by atoms with van der Waals surface area (Å²) >= 11 is 0. The van der Waals surface area contributed by atoms with Gasteiger partial charge in [-0.3, -0.25) is 4.79 Å². The van der Waals surface area contributed by atoms with Crippen LogP contribution in [0.3, 0.4) is 0 Å². The molecule has 0 saturated heterocycles. The molecule has 1 amide bonds. The highest BCUT2D eigenvalue weighted by Gasteiger charge is 2.22. The van der Waals surface area contributed by atoms with Crippen LogP contribution in [0.2, 0.25) is 0 Å². The van der Waals surface area contributed by atoms with E-state index in [1.54, 1.807) is 7.11 Å². The third-order valence-electron chi connectivity index (χ3n) is 5.29. The number of H-pyrrole nitrogens is 1. The maximum Gasteiger partial charge on any atom is 0.273 e. The van der Waals surface area contributed by atoms with Crippen LogP contribution in [0, 0.1) is 0 Å². The Morgan fingerprint density at radius 2 is 1.97 bits per heavy atom. The van der Waals surface area contributed by atoms with Crippen LogP contribution in [0.15, 0.2) is 61.1 Å². The molecule has 2 aromatic heterocycles. The van der Waals surface area contributed by atoms with Crippen molar-refractivity contribution in [2.75, 3.05) is 26.0 Å². The molecule has 4 aromatic rings. The van der Waals surface area contributed by atoms with Gasteiger partial charge in [-0.15, -0.1) is 0 Å². The number of methoxy groups -OCH3 is 1. The molecule has 2 heterocycles. The molecule has 32 heavy (non-hydrogen) atoms. The Kier molecular flexibility index (Phi) is 6.21. The SMILES string of the molecule is CCOc1ccc([C@@H](CNC(=O)c2nccnc2N)c2c[nH]c3ccccc23)cc1OC. The van der Waals surface area contributed by atoms with Crippen LogP contribution >= 0.6 is 0 Å². The number of aromatic nitrogens is 3. The molecule has 8 heteroatoms. The highest BCUT2D eigenvalue weighted by molar-refractivity contribution is 5.96. The summed E-state index contributed by atoms with van der Waals surface area (Å²) in [5.74, 6) is 0.874.